The number of halogens is 2. The molecule has 0 saturated carbocycles. The molecule has 6 rings (SSSR count). The molecule has 2 aliphatic rings. The molecule has 12 heteroatoms. The molecule has 1 aromatic carbocycles. The van der Waals surface area contributed by atoms with Crippen LogP contribution in [-0.4, -0.2) is 80.0 Å². The van der Waals surface area contributed by atoms with Crippen LogP contribution in [0.5, 0.6) is 0 Å². The molecule has 252 valence electrons. The normalized spacial score (nSPS) is 18.7. The summed E-state index contributed by atoms with van der Waals surface area (Å²) in [5, 5.41) is 0.306. The average Bonchev–Trinajstić information content (AvgIpc) is 3.06. The van der Waals surface area contributed by atoms with Crippen LogP contribution in [0.15, 0.2) is 54.0 Å². The summed E-state index contributed by atoms with van der Waals surface area (Å²) in [5.74, 6) is -1.34. The molecule has 2 aliphatic heterocycles. The number of carbonyl (C=O) groups excluding carboxylic acids is 1. The molecule has 2 bridgehead atoms. The van der Waals surface area contributed by atoms with Crippen LogP contribution < -0.4 is 16.3 Å². The van der Waals surface area contributed by atoms with Gasteiger partial charge in [0.2, 0.25) is 5.91 Å². The molecule has 4 aromatic rings. The van der Waals surface area contributed by atoms with Crippen molar-refractivity contribution >= 4 is 22.8 Å². The SMILES string of the molecule is C=CC(=O)N1C[C@H](C)N(c2nc(=O)n3c4nc(c(F)cc24)-c2c(F)cccc2CN(CCN)CCCc2ccnc(C(C)C)c2-3)C[C@H]1C. The number of pyridine rings is 2. The second-order valence-electron chi connectivity index (χ2n) is 13.1. The third-order valence-corrected chi connectivity index (χ3v) is 9.42. The van der Waals surface area contributed by atoms with Crippen LogP contribution in [0.25, 0.3) is 28.0 Å². The van der Waals surface area contributed by atoms with Crippen molar-refractivity contribution in [3.8, 4) is 16.9 Å². The number of nitrogens with two attached hydrogens (primary N) is 1. The van der Waals surface area contributed by atoms with Gasteiger partial charge in [0, 0.05) is 56.6 Å². The third kappa shape index (κ3) is 5.99. The number of hydrogen-bond donors (Lipinski definition) is 1. The van der Waals surface area contributed by atoms with E-state index in [-0.39, 0.29) is 46.6 Å². The summed E-state index contributed by atoms with van der Waals surface area (Å²) in [4.78, 5) is 46.9. The van der Waals surface area contributed by atoms with Crippen molar-refractivity contribution in [1.82, 2.24) is 29.3 Å². The van der Waals surface area contributed by atoms with Gasteiger partial charge in [-0.05, 0) is 74.6 Å². The van der Waals surface area contributed by atoms with Crippen molar-refractivity contribution in [2.24, 2.45) is 5.73 Å². The van der Waals surface area contributed by atoms with Gasteiger partial charge in [-0.3, -0.25) is 14.7 Å². The van der Waals surface area contributed by atoms with Crippen LogP contribution in [0.2, 0.25) is 0 Å². The molecule has 5 heterocycles. The second-order valence-corrected chi connectivity index (χ2v) is 13.1. The van der Waals surface area contributed by atoms with Crippen molar-refractivity contribution in [3.63, 3.8) is 0 Å². The number of amides is 1. The molecule has 10 nitrogen and oxygen atoms in total. The van der Waals surface area contributed by atoms with Crippen LogP contribution in [-0.2, 0) is 17.8 Å². The maximum Gasteiger partial charge on any atom is 0.355 e. The molecule has 2 atom stereocenters. The Bertz CT molecular complexity index is 1940. The van der Waals surface area contributed by atoms with E-state index in [0.29, 0.717) is 68.0 Å². The average molecular weight is 657 g/mol. The van der Waals surface area contributed by atoms with Crippen molar-refractivity contribution in [2.75, 3.05) is 37.6 Å². The first-order valence-electron chi connectivity index (χ1n) is 16.5. The fourth-order valence-corrected chi connectivity index (χ4v) is 7.09. The first kappa shape index (κ1) is 33.4. The fraction of sp³-hybridized carbons (Fsp3) is 0.417. The number of carbonyl (C=O) groups is 1. The largest absolute Gasteiger partial charge is 0.355 e. The Balaban J connectivity index is 1.68. The highest BCUT2D eigenvalue weighted by Crippen LogP contribution is 2.36. The highest BCUT2D eigenvalue weighted by molar-refractivity contribution is 5.91. The Morgan fingerprint density at radius 1 is 1.10 bits per heavy atom. The van der Waals surface area contributed by atoms with E-state index in [1.807, 2.05) is 38.7 Å². The minimum atomic E-state index is -0.737. The molecule has 1 fully saturated rings. The number of anilines is 1. The van der Waals surface area contributed by atoms with E-state index in [4.69, 9.17) is 15.7 Å². The fourth-order valence-electron chi connectivity index (χ4n) is 7.09. The smallest absolute Gasteiger partial charge is 0.349 e. The number of aryl methyl sites for hydroxylation is 1. The van der Waals surface area contributed by atoms with Gasteiger partial charge < -0.3 is 15.5 Å². The molecular formula is C36H42F2N8O2. The molecule has 0 aliphatic carbocycles. The van der Waals surface area contributed by atoms with Gasteiger partial charge in [-0.2, -0.15) is 4.98 Å². The van der Waals surface area contributed by atoms with E-state index in [9.17, 15) is 9.59 Å². The standard InChI is InChI=1S/C36H42F2N8O2/c1-6-29(47)44-18-23(5)45(19-22(44)4)34-26-17-28(38)32-30-25(9-7-11-27(30)37)20-43(16-13-39)15-8-10-24-12-14-40-31(21(2)3)33(24)46(35(26)41-32)36(48)42-34/h6-7,9,11-12,14,17,21-23H,1,8,10,13,15-16,18-20,39H2,2-5H3/t22-,23+/m1/s1. The number of rotatable bonds is 5. The van der Waals surface area contributed by atoms with Gasteiger partial charge >= 0.3 is 5.69 Å². The first-order chi connectivity index (χ1) is 23.0. The van der Waals surface area contributed by atoms with E-state index in [1.165, 1.54) is 22.8 Å². The van der Waals surface area contributed by atoms with Gasteiger partial charge in [-0.1, -0.05) is 32.6 Å². The van der Waals surface area contributed by atoms with E-state index in [2.05, 4.69) is 16.5 Å². The third-order valence-electron chi connectivity index (χ3n) is 9.42. The first-order valence-corrected chi connectivity index (χ1v) is 16.5. The summed E-state index contributed by atoms with van der Waals surface area (Å²) < 4.78 is 33.8. The summed E-state index contributed by atoms with van der Waals surface area (Å²) in [7, 11) is 0. The maximum absolute atomic E-state index is 16.5. The van der Waals surface area contributed by atoms with Crippen molar-refractivity contribution in [2.45, 2.75) is 65.1 Å². The molecule has 0 radical (unpaired) electrons. The van der Waals surface area contributed by atoms with Crippen LogP contribution in [0, 0.1) is 11.6 Å². The Kier molecular flexibility index (Phi) is 9.39. The van der Waals surface area contributed by atoms with Crippen molar-refractivity contribution in [1.29, 1.82) is 0 Å². The van der Waals surface area contributed by atoms with Gasteiger partial charge in [0.1, 0.15) is 23.1 Å². The lowest BCUT2D eigenvalue weighted by Crippen LogP contribution is -2.58. The van der Waals surface area contributed by atoms with Gasteiger partial charge in [0.05, 0.1) is 16.8 Å². The van der Waals surface area contributed by atoms with Crippen LogP contribution >= 0.6 is 0 Å². The summed E-state index contributed by atoms with van der Waals surface area (Å²) in [6.45, 7) is 14.1. The molecule has 1 saturated heterocycles. The van der Waals surface area contributed by atoms with E-state index < -0.39 is 17.3 Å². The summed E-state index contributed by atoms with van der Waals surface area (Å²) in [6.07, 6.45) is 4.38. The molecular weight excluding hydrogens is 614 g/mol. The number of piperazine rings is 1. The number of benzene rings is 1. The molecule has 1 amide bonds. The predicted octanol–water partition coefficient (Wildman–Crippen LogP) is 4.56. The zero-order chi connectivity index (χ0) is 34.3. The lowest BCUT2D eigenvalue weighted by molar-refractivity contribution is -0.128. The Labute approximate surface area is 278 Å². The minimum absolute atomic E-state index is 0.0459. The van der Waals surface area contributed by atoms with Gasteiger partial charge in [0.15, 0.2) is 5.65 Å². The quantitative estimate of drug-likeness (QED) is 0.311. The molecule has 0 spiro atoms. The highest BCUT2D eigenvalue weighted by Gasteiger charge is 2.34. The monoisotopic (exact) mass is 656 g/mol. The maximum atomic E-state index is 16.5. The van der Waals surface area contributed by atoms with Gasteiger partial charge in [0.25, 0.3) is 0 Å². The zero-order valence-electron chi connectivity index (χ0n) is 27.9. The Hall–Kier alpha value is -4.55. The van der Waals surface area contributed by atoms with E-state index in [0.717, 1.165) is 12.0 Å². The Morgan fingerprint density at radius 3 is 2.62 bits per heavy atom. The van der Waals surface area contributed by atoms with Crippen molar-refractivity contribution in [3.05, 3.63) is 88.1 Å². The predicted molar refractivity (Wildman–Crippen MR) is 183 cm³/mol. The zero-order valence-corrected chi connectivity index (χ0v) is 27.9. The summed E-state index contributed by atoms with van der Waals surface area (Å²) >= 11 is 0. The van der Waals surface area contributed by atoms with Crippen LogP contribution in [0.4, 0.5) is 14.6 Å². The molecule has 3 aromatic heterocycles. The topological polar surface area (TPSA) is 113 Å². The van der Waals surface area contributed by atoms with Crippen molar-refractivity contribution < 1.29 is 13.6 Å². The lowest BCUT2D eigenvalue weighted by atomic mass is 10.0. The van der Waals surface area contributed by atoms with Crippen LogP contribution in [0.1, 0.15) is 56.9 Å². The number of nitrogens with zero attached hydrogens (tertiary/aromatic N) is 7. The lowest BCUT2D eigenvalue weighted by Gasteiger charge is -2.44. The molecule has 2 N–H and O–H groups in total. The number of fused-ring (bicyclic) bond motifs is 5. The summed E-state index contributed by atoms with van der Waals surface area (Å²) in [6, 6.07) is 7.40. The van der Waals surface area contributed by atoms with E-state index in [1.54, 1.807) is 23.2 Å². The van der Waals surface area contributed by atoms with Gasteiger partial charge in [-0.25, -0.2) is 23.1 Å². The van der Waals surface area contributed by atoms with Crippen LogP contribution in [0.3, 0.4) is 0 Å². The molecule has 48 heavy (non-hydrogen) atoms. The molecule has 0 unspecified atom stereocenters. The van der Waals surface area contributed by atoms with Gasteiger partial charge in [-0.15, -0.1) is 0 Å². The Morgan fingerprint density at radius 2 is 1.90 bits per heavy atom. The number of aromatic nitrogens is 4. The summed E-state index contributed by atoms with van der Waals surface area (Å²) in [5.41, 5.74) is 8.09. The minimum Gasteiger partial charge on any atom is -0.349 e. The highest BCUT2D eigenvalue weighted by atomic mass is 19.1. The number of hydrogen-bond acceptors (Lipinski definition) is 8. The van der Waals surface area contributed by atoms with E-state index >= 15 is 8.78 Å². The second kappa shape index (κ2) is 13.5.